The average Bonchev–Trinajstić information content (AvgIpc) is 3.63. The van der Waals surface area contributed by atoms with E-state index in [1.165, 1.54) is 20.9 Å². The molecule has 58 heavy (non-hydrogen) atoms. The number of para-hydroxylation sites is 1. The summed E-state index contributed by atoms with van der Waals surface area (Å²) in [5.74, 6) is -4.21. The third kappa shape index (κ3) is 11.3. The molecule has 0 aliphatic carbocycles. The van der Waals surface area contributed by atoms with Crippen LogP contribution in [-0.2, 0) is 48.0 Å². The number of H-pyrrole nitrogens is 1. The minimum Gasteiger partial charge on any atom is -0.391 e. The normalized spacial score (nSPS) is 23.5. The zero-order chi connectivity index (χ0) is 41.8. The maximum atomic E-state index is 14.4. The molecule has 1 aromatic heterocycles. The molecule has 15 heteroatoms. The van der Waals surface area contributed by atoms with E-state index >= 15 is 0 Å². The van der Waals surface area contributed by atoms with Crippen molar-refractivity contribution >= 4 is 46.3 Å². The zero-order valence-electron chi connectivity index (χ0n) is 33.1. The molecule has 4 aromatic rings. The summed E-state index contributed by atoms with van der Waals surface area (Å²) in [4.78, 5) is 89.2. The van der Waals surface area contributed by atoms with Crippen LogP contribution in [0.3, 0.4) is 0 Å². The number of hydrogen-bond donors (Lipinski definition) is 8. The number of aliphatic hydroxyl groups is 1. The summed E-state index contributed by atoms with van der Waals surface area (Å²) < 4.78 is 0. The molecule has 3 aromatic carbocycles. The number of carbonyl (C=O) groups is 6. The standard InChI is InChI=1S/C43H54N8O7/c1-26-38(53)48-34(22-28-14-6-4-7-15-28)40(55)49-35(24-30-25-45-32-19-11-10-18-31(30)32)41(56)47-33(20-12-13-21-44)39(54)50-37(27(2)52)43(58)51(3)36(42(57)46-26)23-29-16-8-5-9-17-29/h4-11,14-19,25-27,33-37,45,52H,12-13,20-24,44H2,1-3H3,(H,46,57)(H,47,56)(H,48,53)(H,49,55)(H,50,54)/t26-,27-,33+,34-,35-,36+,37+/m1/s1. The highest BCUT2D eigenvalue weighted by Gasteiger charge is 2.38. The first-order chi connectivity index (χ1) is 27.9. The Morgan fingerprint density at radius 2 is 1.21 bits per heavy atom. The molecule has 9 N–H and O–H groups in total. The summed E-state index contributed by atoms with van der Waals surface area (Å²) in [7, 11) is 1.39. The number of unbranched alkanes of at least 4 members (excludes halogenated alkanes) is 1. The lowest BCUT2D eigenvalue weighted by Crippen LogP contribution is -2.63. The fraction of sp³-hybridized carbons (Fsp3) is 0.395. The molecule has 0 bridgehead atoms. The van der Waals surface area contributed by atoms with E-state index in [9.17, 15) is 33.9 Å². The summed E-state index contributed by atoms with van der Waals surface area (Å²) in [6.07, 6.45) is 1.54. The van der Waals surface area contributed by atoms with E-state index in [-0.39, 0.29) is 25.7 Å². The van der Waals surface area contributed by atoms with Crippen molar-refractivity contribution in [1.82, 2.24) is 36.5 Å². The quantitative estimate of drug-likeness (QED) is 0.102. The summed E-state index contributed by atoms with van der Waals surface area (Å²) in [6.45, 7) is 3.13. The lowest BCUT2D eigenvalue weighted by atomic mass is 10.00. The Morgan fingerprint density at radius 1 is 0.655 bits per heavy atom. The third-order valence-electron chi connectivity index (χ3n) is 10.4. The van der Waals surface area contributed by atoms with Crippen LogP contribution in [0.15, 0.2) is 91.1 Å². The first kappa shape index (κ1) is 43.1. The summed E-state index contributed by atoms with van der Waals surface area (Å²) in [6, 6.07) is 18.0. The van der Waals surface area contributed by atoms with Crippen molar-refractivity contribution in [2.45, 2.75) is 94.7 Å². The van der Waals surface area contributed by atoms with Gasteiger partial charge in [-0.2, -0.15) is 0 Å². The molecular formula is C43H54N8O7. The molecule has 0 unspecified atom stereocenters. The second-order valence-corrected chi connectivity index (χ2v) is 14.8. The molecule has 15 nitrogen and oxygen atoms in total. The van der Waals surface area contributed by atoms with Crippen LogP contribution in [0.2, 0.25) is 0 Å². The summed E-state index contributed by atoms with van der Waals surface area (Å²) >= 11 is 0. The highest BCUT2D eigenvalue weighted by Crippen LogP contribution is 2.20. The molecule has 0 radical (unpaired) electrons. The molecule has 5 rings (SSSR count). The van der Waals surface area contributed by atoms with Crippen LogP contribution < -0.4 is 32.3 Å². The fourth-order valence-electron chi connectivity index (χ4n) is 7.03. The van der Waals surface area contributed by atoms with Gasteiger partial charge in [-0.3, -0.25) is 28.8 Å². The van der Waals surface area contributed by atoms with Crippen LogP contribution >= 0.6 is 0 Å². The number of amides is 6. The van der Waals surface area contributed by atoms with Crippen LogP contribution in [0.25, 0.3) is 10.9 Å². The predicted molar refractivity (Wildman–Crippen MR) is 219 cm³/mol. The lowest BCUT2D eigenvalue weighted by Gasteiger charge is -2.33. The number of hydrogen-bond acceptors (Lipinski definition) is 8. The van der Waals surface area contributed by atoms with Crippen molar-refractivity contribution in [1.29, 1.82) is 0 Å². The third-order valence-corrected chi connectivity index (χ3v) is 10.4. The van der Waals surface area contributed by atoms with E-state index in [1.807, 2.05) is 36.4 Å². The predicted octanol–water partition coefficient (Wildman–Crippen LogP) is 0.990. The number of nitrogens with two attached hydrogens (primary N) is 1. The molecule has 0 saturated carbocycles. The molecule has 1 saturated heterocycles. The van der Waals surface area contributed by atoms with Crippen LogP contribution in [0.5, 0.6) is 0 Å². The Labute approximate surface area is 337 Å². The number of nitrogens with one attached hydrogen (secondary N) is 6. The fourth-order valence-corrected chi connectivity index (χ4v) is 7.03. The van der Waals surface area contributed by atoms with Gasteiger partial charge in [0.15, 0.2) is 0 Å². The van der Waals surface area contributed by atoms with Gasteiger partial charge in [0.05, 0.1) is 6.10 Å². The highest BCUT2D eigenvalue weighted by atomic mass is 16.3. The first-order valence-corrected chi connectivity index (χ1v) is 19.7. The van der Waals surface area contributed by atoms with Crippen molar-refractivity contribution in [3.8, 4) is 0 Å². The monoisotopic (exact) mass is 794 g/mol. The number of fused-ring (bicyclic) bond motifs is 1. The van der Waals surface area contributed by atoms with Crippen molar-refractivity contribution in [3.05, 3.63) is 108 Å². The molecule has 6 amide bonds. The maximum absolute atomic E-state index is 14.4. The number of benzene rings is 3. The summed E-state index contributed by atoms with van der Waals surface area (Å²) in [5.41, 5.74) is 8.74. The Morgan fingerprint density at radius 3 is 1.84 bits per heavy atom. The van der Waals surface area contributed by atoms with Gasteiger partial charge in [0.1, 0.15) is 36.3 Å². The minimum absolute atomic E-state index is 0.0135. The van der Waals surface area contributed by atoms with Crippen molar-refractivity contribution in [3.63, 3.8) is 0 Å². The summed E-state index contributed by atoms with van der Waals surface area (Å²) in [5, 5.41) is 25.5. The maximum Gasteiger partial charge on any atom is 0.248 e. The van der Waals surface area contributed by atoms with E-state index < -0.39 is 77.8 Å². The van der Waals surface area contributed by atoms with Crippen LogP contribution in [0, 0.1) is 0 Å². The van der Waals surface area contributed by atoms with Crippen LogP contribution in [-0.4, -0.2) is 106 Å². The van der Waals surface area contributed by atoms with Gasteiger partial charge < -0.3 is 47.3 Å². The molecule has 7 atom stereocenters. The van der Waals surface area contributed by atoms with Gasteiger partial charge in [-0.15, -0.1) is 0 Å². The van der Waals surface area contributed by atoms with E-state index in [4.69, 9.17) is 5.73 Å². The molecule has 1 fully saturated rings. The van der Waals surface area contributed by atoms with E-state index in [2.05, 4.69) is 31.6 Å². The first-order valence-electron chi connectivity index (χ1n) is 19.7. The highest BCUT2D eigenvalue weighted by molar-refractivity contribution is 5.98. The molecule has 1 aliphatic heterocycles. The SMILES string of the molecule is C[C@H]1NC(=O)[C@H](Cc2ccccc2)N(C)C(=O)[C@H]([C@@H](C)O)NC(=O)[C@H](CCCCN)NC(=O)[C@@H](Cc2c[nH]c3ccccc23)NC(=O)[C@@H](Cc2ccccc2)NC1=O. The minimum atomic E-state index is -1.52. The Balaban J connectivity index is 1.56. The Bertz CT molecular complexity index is 2040. The lowest BCUT2D eigenvalue weighted by molar-refractivity contribution is -0.145. The van der Waals surface area contributed by atoms with Gasteiger partial charge in [0, 0.05) is 43.4 Å². The number of aliphatic hydroxyl groups excluding tert-OH is 1. The second kappa shape index (κ2) is 20.4. The van der Waals surface area contributed by atoms with Crippen molar-refractivity contribution in [2.24, 2.45) is 5.73 Å². The zero-order valence-corrected chi connectivity index (χ0v) is 33.1. The van der Waals surface area contributed by atoms with Crippen LogP contribution in [0.1, 0.15) is 49.8 Å². The Hall–Kier alpha value is -6.06. The number of aromatic amines is 1. The number of likely N-dealkylation sites (N-methyl/N-ethyl adjacent to an activating group) is 1. The largest absolute Gasteiger partial charge is 0.391 e. The smallest absolute Gasteiger partial charge is 0.248 e. The average molecular weight is 795 g/mol. The van der Waals surface area contributed by atoms with Crippen LogP contribution in [0.4, 0.5) is 0 Å². The molecule has 308 valence electrons. The van der Waals surface area contributed by atoms with E-state index in [0.29, 0.717) is 24.9 Å². The number of nitrogens with zero attached hydrogens (tertiary/aromatic N) is 1. The number of aromatic nitrogens is 1. The molecule has 2 heterocycles. The molecule has 1 aliphatic rings. The van der Waals surface area contributed by atoms with Gasteiger partial charge >= 0.3 is 0 Å². The Kier molecular flexibility index (Phi) is 15.1. The second-order valence-electron chi connectivity index (χ2n) is 14.8. The van der Waals surface area contributed by atoms with E-state index in [0.717, 1.165) is 26.9 Å². The topological polar surface area (TPSA) is 228 Å². The van der Waals surface area contributed by atoms with Gasteiger partial charge in [-0.25, -0.2) is 0 Å². The number of carbonyl (C=O) groups excluding carboxylic acids is 6. The van der Waals surface area contributed by atoms with E-state index in [1.54, 1.807) is 54.7 Å². The molecule has 0 spiro atoms. The van der Waals surface area contributed by atoms with Crippen molar-refractivity contribution in [2.75, 3.05) is 13.6 Å². The van der Waals surface area contributed by atoms with Gasteiger partial charge in [0.25, 0.3) is 0 Å². The van der Waals surface area contributed by atoms with Gasteiger partial charge in [0.2, 0.25) is 35.4 Å². The molecular weight excluding hydrogens is 741 g/mol. The van der Waals surface area contributed by atoms with Gasteiger partial charge in [-0.1, -0.05) is 78.9 Å². The van der Waals surface area contributed by atoms with Gasteiger partial charge in [-0.05, 0) is 62.4 Å². The number of rotatable bonds is 11. The van der Waals surface area contributed by atoms with Crippen molar-refractivity contribution < 1.29 is 33.9 Å².